The first-order valence-electron chi connectivity index (χ1n) is 15.8. The lowest BCUT2D eigenvalue weighted by Crippen LogP contribution is -2.34. The average molecular weight is 719 g/mol. The van der Waals surface area contributed by atoms with Gasteiger partial charge in [0.25, 0.3) is 0 Å². The van der Waals surface area contributed by atoms with E-state index in [0.717, 1.165) is 29.2 Å². The van der Waals surface area contributed by atoms with Crippen LogP contribution in [0.2, 0.25) is 4.34 Å². The maximum absolute atomic E-state index is 16.3. The van der Waals surface area contributed by atoms with Gasteiger partial charge in [0.15, 0.2) is 5.82 Å². The van der Waals surface area contributed by atoms with Gasteiger partial charge in [-0.15, -0.1) is 11.3 Å². The van der Waals surface area contributed by atoms with E-state index in [1.54, 1.807) is 18.2 Å². The van der Waals surface area contributed by atoms with Crippen molar-refractivity contribution in [1.29, 1.82) is 0 Å². The smallest absolute Gasteiger partial charge is 0.395 e. The van der Waals surface area contributed by atoms with Crippen LogP contribution in [0.1, 0.15) is 72.2 Å². The first-order valence-corrected chi connectivity index (χ1v) is 17.8. The van der Waals surface area contributed by atoms with E-state index in [-0.39, 0.29) is 23.5 Å². The van der Waals surface area contributed by atoms with Gasteiger partial charge in [-0.2, -0.15) is 13.2 Å². The van der Waals surface area contributed by atoms with Crippen molar-refractivity contribution in [2.24, 2.45) is 11.3 Å². The first-order chi connectivity index (χ1) is 22.7. The zero-order chi connectivity index (χ0) is 34.8. The Morgan fingerprint density at radius 2 is 1.81 bits per heavy atom. The molecule has 0 saturated heterocycles. The van der Waals surface area contributed by atoms with Gasteiger partial charge >= 0.3 is 6.18 Å². The molecular formula is C36H39ClF4N4OS2. The number of anilines is 2. The van der Waals surface area contributed by atoms with Crippen molar-refractivity contribution in [3.8, 4) is 0 Å². The summed E-state index contributed by atoms with van der Waals surface area (Å²) in [5.41, 5.74) is 7.72. The number of halogens is 5. The highest BCUT2D eigenvalue weighted by Crippen LogP contribution is 2.49. The molecule has 1 aliphatic rings. The van der Waals surface area contributed by atoms with Crippen LogP contribution in [0.5, 0.6) is 0 Å². The average Bonchev–Trinajstić information content (AvgIpc) is 3.27. The molecular weight excluding hydrogens is 680 g/mol. The van der Waals surface area contributed by atoms with Crippen LogP contribution in [0.3, 0.4) is 0 Å². The molecule has 3 aromatic carbocycles. The second-order valence-corrected chi connectivity index (χ2v) is 15.4. The minimum atomic E-state index is -4.44. The van der Waals surface area contributed by atoms with Gasteiger partial charge in [-0.1, -0.05) is 67.9 Å². The normalized spacial score (nSPS) is 14.8. The summed E-state index contributed by atoms with van der Waals surface area (Å²) in [6, 6.07) is 18.8. The lowest BCUT2D eigenvalue weighted by Gasteiger charge is -2.34. The lowest BCUT2D eigenvalue weighted by atomic mass is 9.69. The van der Waals surface area contributed by atoms with E-state index in [9.17, 15) is 18.0 Å². The number of nitrogen functional groups attached to an aromatic ring is 1. The molecule has 0 bridgehead atoms. The number of alkyl halides is 3. The van der Waals surface area contributed by atoms with E-state index in [1.165, 1.54) is 34.4 Å². The Balaban J connectivity index is 1.49. The van der Waals surface area contributed by atoms with Gasteiger partial charge in [-0.25, -0.2) is 14.5 Å². The number of nitrogens with zero attached hydrogens (tertiary/aromatic N) is 2. The van der Waals surface area contributed by atoms with Gasteiger partial charge < -0.3 is 10.7 Å². The molecule has 0 amide bonds. The second-order valence-electron chi connectivity index (χ2n) is 12.6. The molecule has 0 radical (unpaired) electrons. The number of fused-ring (bicyclic) bond motifs is 1. The van der Waals surface area contributed by atoms with E-state index in [4.69, 9.17) is 23.2 Å². The van der Waals surface area contributed by atoms with E-state index < -0.39 is 28.9 Å². The summed E-state index contributed by atoms with van der Waals surface area (Å²) in [6.07, 6.45) is -2.22. The van der Waals surface area contributed by atoms with Crippen LogP contribution < -0.4 is 16.6 Å². The summed E-state index contributed by atoms with van der Waals surface area (Å²) in [4.78, 5) is 15.3. The highest BCUT2D eigenvalue weighted by Gasteiger charge is 2.41. The number of Topliss-reactive ketones (excluding diaryl/α,β-unsaturated/α-hetero) is 1. The van der Waals surface area contributed by atoms with Gasteiger partial charge in [0, 0.05) is 47.2 Å². The Hall–Kier alpha value is -3.09. The summed E-state index contributed by atoms with van der Waals surface area (Å²) in [6.45, 7) is 6.87. The molecule has 4 aromatic rings. The van der Waals surface area contributed by atoms with E-state index in [0.29, 0.717) is 52.3 Å². The highest BCUT2D eigenvalue weighted by molar-refractivity contribution is 7.97. The summed E-state index contributed by atoms with van der Waals surface area (Å²) < 4.78 is 59.2. The molecule has 1 aromatic heterocycles. The molecule has 1 unspecified atom stereocenters. The number of carbonyl (C=O) groups excluding carboxylic acids is 1. The zero-order valence-electron chi connectivity index (χ0n) is 27.0. The van der Waals surface area contributed by atoms with Crippen LogP contribution in [0, 0.1) is 11.2 Å². The largest absolute Gasteiger partial charge is 0.416 e. The SMILES string of the molecule is CCN(N)c1ccc(C(c2cc(CN3CCCc4ccc(C(F)(F)F)cc4S3)c(Cl)s2)C(C)(C)C(=O)CCc2ccccc2)c(F)c1N. The molecule has 256 valence electrons. The topological polar surface area (TPSA) is 75.6 Å². The van der Waals surface area contributed by atoms with Crippen molar-refractivity contribution >= 4 is 52.0 Å². The van der Waals surface area contributed by atoms with Crippen molar-refractivity contribution in [2.45, 2.75) is 70.0 Å². The summed E-state index contributed by atoms with van der Waals surface area (Å²) in [5, 5.41) is 1.36. The number of thiophene rings is 1. The number of carbonyl (C=O) groups is 1. The number of hydrogen-bond donors (Lipinski definition) is 2. The van der Waals surface area contributed by atoms with Crippen LogP contribution in [-0.2, 0) is 30.4 Å². The first kappa shape index (κ1) is 36.2. The Kier molecular flexibility index (Phi) is 11.2. The molecule has 1 atom stereocenters. The highest BCUT2D eigenvalue weighted by atomic mass is 35.5. The molecule has 2 heterocycles. The molecule has 12 heteroatoms. The zero-order valence-corrected chi connectivity index (χ0v) is 29.4. The molecule has 1 aliphatic heterocycles. The van der Waals surface area contributed by atoms with Gasteiger partial charge in [0.1, 0.15) is 5.78 Å². The lowest BCUT2D eigenvalue weighted by molar-refractivity contribution is -0.137. The van der Waals surface area contributed by atoms with Crippen LogP contribution in [0.25, 0.3) is 0 Å². The number of nitrogens with two attached hydrogens (primary N) is 2. The molecule has 5 rings (SSSR count). The van der Waals surface area contributed by atoms with Gasteiger partial charge in [-0.05, 0) is 84.7 Å². The molecule has 0 fully saturated rings. The third kappa shape index (κ3) is 7.86. The number of hydrogen-bond acceptors (Lipinski definition) is 7. The number of rotatable bonds is 11. The predicted molar refractivity (Wildman–Crippen MR) is 189 cm³/mol. The molecule has 0 spiro atoms. The van der Waals surface area contributed by atoms with Crippen molar-refractivity contribution in [3.05, 3.63) is 110 Å². The maximum Gasteiger partial charge on any atom is 0.416 e. The molecule has 4 N–H and O–H groups in total. The van der Waals surface area contributed by atoms with Gasteiger partial charge in [-0.3, -0.25) is 4.79 Å². The number of aryl methyl sites for hydroxylation is 2. The van der Waals surface area contributed by atoms with E-state index >= 15 is 4.39 Å². The van der Waals surface area contributed by atoms with Crippen molar-refractivity contribution in [1.82, 2.24) is 4.31 Å². The van der Waals surface area contributed by atoms with Crippen LogP contribution in [-0.4, -0.2) is 23.2 Å². The molecule has 0 aliphatic carbocycles. The van der Waals surface area contributed by atoms with Crippen molar-refractivity contribution in [2.75, 3.05) is 23.8 Å². The van der Waals surface area contributed by atoms with Crippen LogP contribution in [0.4, 0.5) is 28.9 Å². The fraction of sp³-hybridized carbons (Fsp3) is 0.361. The fourth-order valence-electron chi connectivity index (χ4n) is 6.16. The number of hydrazine groups is 1. The summed E-state index contributed by atoms with van der Waals surface area (Å²) >= 11 is 9.42. The Morgan fingerprint density at radius 3 is 2.50 bits per heavy atom. The van der Waals surface area contributed by atoms with Crippen LogP contribution in [0.15, 0.2) is 71.6 Å². The predicted octanol–water partition coefficient (Wildman–Crippen LogP) is 9.66. The second kappa shape index (κ2) is 14.8. The fourth-order valence-corrected chi connectivity index (χ4v) is 8.91. The van der Waals surface area contributed by atoms with Crippen molar-refractivity contribution < 1.29 is 22.4 Å². The molecule has 48 heavy (non-hydrogen) atoms. The number of benzene rings is 3. The van der Waals surface area contributed by atoms with Gasteiger partial charge in [0.2, 0.25) is 0 Å². The Morgan fingerprint density at radius 1 is 1.08 bits per heavy atom. The standard InChI is InChI=1S/C36H39ClF4N4OS2/c1-4-45(43)27-16-15-26(32(38)33(27)42)31(35(2,3)30(46)17-12-22-9-6-5-7-10-22)29-19-24(34(37)47-29)21-44-18-8-11-23-13-14-25(36(39,40)41)20-28(23)48-44/h5-7,9-10,13-16,19-20,31H,4,8,11-12,17-18,21,42-43H2,1-3H3. The maximum atomic E-state index is 16.3. The molecule has 5 nitrogen and oxygen atoms in total. The summed E-state index contributed by atoms with van der Waals surface area (Å²) in [5.74, 6) is 4.65. The Labute approximate surface area is 292 Å². The number of ketones is 1. The minimum Gasteiger partial charge on any atom is -0.395 e. The summed E-state index contributed by atoms with van der Waals surface area (Å²) in [7, 11) is 0. The van der Waals surface area contributed by atoms with Crippen molar-refractivity contribution in [3.63, 3.8) is 0 Å². The minimum absolute atomic E-state index is 0.0429. The third-order valence-corrected chi connectivity index (χ3v) is 11.6. The Bertz CT molecular complexity index is 1760. The van der Waals surface area contributed by atoms with E-state index in [2.05, 4.69) is 0 Å². The molecule has 0 saturated carbocycles. The van der Waals surface area contributed by atoms with E-state index in [1.807, 2.05) is 61.5 Å². The van der Waals surface area contributed by atoms with Gasteiger partial charge in [0.05, 0.1) is 21.3 Å². The quantitative estimate of drug-likeness (QED) is 0.0529. The third-order valence-electron chi connectivity index (χ3n) is 8.95. The van der Waals surface area contributed by atoms with Crippen LogP contribution >= 0.6 is 34.9 Å². The monoisotopic (exact) mass is 718 g/mol.